The summed E-state index contributed by atoms with van der Waals surface area (Å²) >= 11 is 0. The molecule has 0 spiro atoms. The quantitative estimate of drug-likeness (QED) is 0.732. The molecule has 6 heteroatoms. The Hall–Kier alpha value is -2.89. The molecule has 0 saturated carbocycles. The molecule has 2 N–H and O–H groups in total. The normalized spacial score (nSPS) is 11.0. The lowest BCUT2D eigenvalue weighted by Gasteiger charge is -2.25. The topological polar surface area (TPSA) is 88.5 Å². The Labute approximate surface area is 153 Å². The Morgan fingerprint density at radius 3 is 2.50 bits per heavy atom. The molecule has 0 saturated heterocycles. The second kappa shape index (κ2) is 8.47. The van der Waals surface area contributed by atoms with Gasteiger partial charge in [0, 0.05) is 18.3 Å². The molecule has 1 heterocycles. The van der Waals surface area contributed by atoms with Crippen molar-refractivity contribution in [3.8, 4) is 11.5 Å². The Morgan fingerprint density at radius 1 is 1.23 bits per heavy atom. The average molecular weight is 356 g/mol. The lowest BCUT2D eigenvalue weighted by Crippen LogP contribution is -2.34. The number of carboxylic acid groups (broad SMARTS) is 1. The van der Waals surface area contributed by atoms with E-state index in [2.05, 4.69) is 10.3 Å². The number of pyridine rings is 1. The van der Waals surface area contributed by atoms with Crippen LogP contribution in [0.3, 0.4) is 0 Å². The summed E-state index contributed by atoms with van der Waals surface area (Å²) < 4.78 is 5.76. The van der Waals surface area contributed by atoms with Gasteiger partial charge >= 0.3 is 5.97 Å². The molecule has 0 aliphatic carbocycles. The van der Waals surface area contributed by atoms with Crippen LogP contribution in [0.1, 0.15) is 38.7 Å². The molecule has 6 nitrogen and oxygen atoms in total. The molecule has 0 aliphatic heterocycles. The van der Waals surface area contributed by atoms with E-state index in [-0.39, 0.29) is 12.3 Å². The van der Waals surface area contributed by atoms with Crippen LogP contribution in [-0.4, -0.2) is 22.0 Å². The van der Waals surface area contributed by atoms with Crippen LogP contribution in [0.2, 0.25) is 0 Å². The summed E-state index contributed by atoms with van der Waals surface area (Å²) in [5, 5.41) is 12.2. The maximum absolute atomic E-state index is 12.3. The number of carboxylic acids is 1. The number of carbonyl (C=O) groups excluding carboxylic acids is 1. The predicted molar refractivity (Wildman–Crippen MR) is 99.4 cm³/mol. The number of ether oxygens (including phenoxy) is 1. The Bertz CT molecular complexity index is 771. The summed E-state index contributed by atoms with van der Waals surface area (Å²) in [6.07, 6.45) is 4.05. The first-order valence-corrected chi connectivity index (χ1v) is 8.62. The zero-order chi connectivity index (χ0) is 19.2. The van der Waals surface area contributed by atoms with Crippen molar-refractivity contribution in [3.05, 3.63) is 48.3 Å². The number of hydrogen-bond acceptors (Lipinski definition) is 4. The number of amides is 1. The van der Waals surface area contributed by atoms with Crippen LogP contribution in [0.15, 0.2) is 42.7 Å². The van der Waals surface area contributed by atoms with Crippen molar-refractivity contribution < 1.29 is 19.4 Å². The monoisotopic (exact) mass is 356 g/mol. The summed E-state index contributed by atoms with van der Waals surface area (Å²) in [7, 11) is 0. The van der Waals surface area contributed by atoms with Gasteiger partial charge < -0.3 is 15.2 Å². The summed E-state index contributed by atoms with van der Waals surface area (Å²) in [6, 6.07) is 8.89. The maximum Gasteiger partial charge on any atom is 0.310 e. The molecule has 0 atom stereocenters. The molecular weight excluding hydrogens is 332 g/mol. The number of rotatable bonds is 8. The van der Waals surface area contributed by atoms with Crippen LogP contribution in [0.5, 0.6) is 11.5 Å². The largest absolute Gasteiger partial charge is 0.481 e. The molecule has 1 aromatic carbocycles. The number of aromatic nitrogens is 1. The fourth-order valence-electron chi connectivity index (χ4n) is 2.77. The number of hydrogen-bond donors (Lipinski definition) is 2. The third-order valence-corrected chi connectivity index (χ3v) is 4.63. The fourth-order valence-corrected chi connectivity index (χ4v) is 2.77. The van der Waals surface area contributed by atoms with E-state index in [0.29, 0.717) is 30.0 Å². The minimum Gasteiger partial charge on any atom is -0.481 e. The van der Waals surface area contributed by atoms with Gasteiger partial charge in [-0.15, -0.1) is 0 Å². The van der Waals surface area contributed by atoms with E-state index < -0.39 is 11.4 Å². The zero-order valence-corrected chi connectivity index (χ0v) is 15.3. The van der Waals surface area contributed by atoms with E-state index in [4.69, 9.17) is 4.74 Å². The molecule has 1 aromatic heterocycles. The standard InChI is InChI=1S/C20H24N2O4/c1-4-20(5-2,19(24)25)12-18(23)22-15-8-9-17(14(3)11-15)26-16-7-6-10-21-13-16/h6-11,13H,4-5,12H2,1-3H3,(H,22,23)(H,24,25). The Kier molecular flexibility index (Phi) is 6.33. The number of nitrogens with zero attached hydrogens (tertiary/aromatic N) is 1. The van der Waals surface area contributed by atoms with Gasteiger partial charge in [-0.2, -0.15) is 0 Å². The smallest absolute Gasteiger partial charge is 0.310 e. The summed E-state index contributed by atoms with van der Waals surface area (Å²) in [6.45, 7) is 5.46. The zero-order valence-electron chi connectivity index (χ0n) is 15.3. The van der Waals surface area contributed by atoms with Crippen molar-refractivity contribution >= 4 is 17.6 Å². The minimum absolute atomic E-state index is 0.0533. The Morgan fingerprint density at radius 2 is 1.96 bits per heavy atom. The lowest BCUT2D eigenvalue weighted by molar-refractivity contribution is -0.151. The van der Waals surface area contributed by atoms with Crippen LogP contribution in [0.25, 0.3) is 0 Å². The van der Waals surface area contributed by atoms with Gasteiger partial charge in [-0.25, -0.2) is 0 Å². The first-order valence-electron chi connectivity index (χ1n) is 8.62. The lowest BCUT2D eigenvalue weighted by atomic mass is 9.79. The van der Waals surface area contributed by atoms with Crippen molar-refractivity contribution in [2.75, 3.05) is 5.32 Å². The molecule has 0 fully saturated rings. The van der Waals surface area contributed by atoms with Crippen LogP contribution in [0, 0.1) is 12.3 Å². The molecule has 0 aliphatic rings. The number of nitrogens with one attached hydrogen (secondary N) is 1. The van der Waals surface area contributed by atoms with Gasteiger partial charge in [0.05, 0.1) is 11.6 Å². The number of anilines is 1. The van der Waals surface area contributed by atoms with E-state index >= 15 is 0 Å². The highest BCUT2D eigenvalue weighted by atomic mass is 16.5. The van der Waals surface area contributed by atoms with Gasteiger partial charge in [-0.1, -0.05) is 13.8 Å². The highest BCUT2D eigenvalue weighted by Gasteiger charge is 2.37. The second-order valence-corrected chi connectivity index (χ2v) is 6.29. The van der Waals surface area contributed by atoms with Gasteiger partial charge in [-0.3, -0.25) is 14.6 Å². The number of aryl methyl sites for hydroxylation is 1. The highest BCUT2D eigenvalue weighted by Crippen LogP contribution is 2.32. The van der Waals surface area contributed by atoms with Crippen molar-refractivity contribution in [1.82, 2.24) is 4.98 Å². The van der Waals surface area contributed by atoms with Crippen LogP contribution >= 0.6 is 0 Å². The molecule has 26 heavy (non-hydrogen) atoms. The van der Waals surface area contributed by atoms with E-state index in [9.17, 15) is 14.7 Å². The summed E-state index contributed by atoms with van der Waals surface area (Å²) in [4.78, 5) is 27.9. The number of aliphatic carboxylic acids is 1. The summed E-state index contributed by atoms with van der Waals surface area (Å²) in [5.74, 6) is 0.0491. The van der Waals surface area contributed by atoms with Gasteiger partial charge in [0.2, 0.25) is 5.91 Å². The third-order valence-electron chi connectivity index (χ3n) is 4.63. The fraction of sp³-hybridized carbons (Fsp3) is 0.350. The van der Waals surface area contributed by atoms with Crippen molar-refractivity contribution in [2.24, 2.45) is 5.41 Å². The van der Waals surface area contributed by atoms with Crippen molar-refractivity contribution in [1.29, 1.82) is 0 Å². The predicted octanol–water partition coefficient (Wildman–Crippen LogP) is 4.40. The van der Waals surface area contributed by atoms with E-state index in [0.717, 1.165) is 5.56 Å². The summed E-state index contributed by atoms with van der Waals surface area (Å²) in [5.41, 5.74) is 0.433. The molecule has 1 amide bonds. The Balaban J connectivity index is 2.07. The SMILES string of the molecule is CCC(CC)(CC(=O)Nc1ccc(Oc2cccnc2)c(C)c1)C(=O)O. The molecule has 0 bridgehead atoms. The highest BCUT2D eigenvalue weighted by molar-refractivity contribution is 5.94. The van der Waals surface area contributed by atoms with Crippen LogP contribution in [0.4, 0.5) is 5.69 Å². The third kappa shape index (κ3) is 4.59. The number of benzene rings is 1. The van der Waals surface area contributed by atoms with Gasteiger partial charge in [0.25, 0.3) is 0 Å². The minimum atomic E-state index is -1.03. The van der Waals surface area contributed by atoms with Crippen LogP contribution in [-0.2, 0) is 9.59 Å². The number of carbonyl (C=O) groups is 2. The maximum atomic E-state index is 12.3. The van der Waals surface area contributed by atoms with E-state index in [1.165, 1.54) is 0 Å². The molecular formula is C20H24N2O4. The molecule has 0 unspecified atom stereocenters. The molecule has 2 aromatic rings. The molecule has 138 valence electrons. The second-order valence-electron chi connectivity index (χ2n) is 6.29. The van der Waals surface area contributed by atoms with Gasteiger partial charge in [0.1, 0.15) is 11.5 Å². The first-order chi connectivity index (χ1) is 12.4. The molecule has 0 radical (unpaired) electrons. The van der Waals surface area contributed by atoms with Crippen molar-refractivity contribution in [3.63, 3.8) is 0 Å². The molecule has 2 rings (SSSR count). The average Bonchev–Trinajstić information content (AvgIpc) is 2.62. The van der Waals surface area contributed by atoms with Crippen LogP contribution < -0.4 is 10.1 Å². The van der Waals surface area contributed by atoms with Gasteiger partial charge in [-0.05, 0) is 55.7 Å². The van der Waals surface area contributed by atoms with E-state index in [1.54, 1.807) is 50.5 Å². The van der Waals surface area contributed by atoms with E-state index in [1.807, 2.05) is 13.0 Å². The van der Waals surface area contributed by atoms with Gasteiger partial charge in [0.15, 0.2) is 0 Å². The first kappa shape index (κ1) is 19.4. The van der Waals surface area contributed by atoms with Crippen molar-refractivity contribution in [2.45, 2.75) is 40.0 Å².